The number of hydrogen-bond donors (Lipinski definition) is 0. The molecule has 0 atom stereocenters. The summed E-state index contributed by atoms with van der Waals surface area (Å²) >= 11 is 9.94. The van der Waals surface area contributed by atoms with E-state index in [4.69, 9.17) is 0 Å². The fourth-order valence-electron chi connectivity index (χ4n) is 2.07. The number of hydrogen-bond acceptors (Lipinski definition) is 4. The van der Waals surface area contributed by atoms with E-state index in [0.29, 0.717) is 11.1 Å². The van der Waals surface area contributed by atoms with E-state index >= 15 is 0 Å². The van der Waals surface area contributed by atoms with Crippen LogP contribution < -0.4 is 0 Å². The molecule has 92 valence electrons. The third kappa shape index (κ3) is 1.49. The summed E-state index contributed by atoms with van der Waals surface area (Å²) in [6, 6.07) is 0. The van der Waals surface area contributed by atoms with Gasteiger partial charge in [-0.15, -0.1) is 22.7 Å². The Balaban J connectivity index is 2.46. The highest BCUT2D eigenvalue weighted by Crippen LogP contribution is 2.50. The Labute approximate surface area is 128 Å². The van der Waals surface area contributed by atoms with Gasteiger partial charge in [0.1, 0.15) is 0 Å². The summed E-state index contributed by atoms with van der Waals surface area (Å²) < 4.78 is 1.84. The van der Waals surface area contributed by atoms with E-state index in [0.717, 1.165) is 28.5 Å². The van der Waals surface area contributed by atoms with Gasteiger partial charge in [0.05, 0.1) is 17.3 Å². The number of Topliss-reactive ketones (excluding diaryl/α,β-unsaturated/α-hetero) is 2. The van der Waals surface area contributed by atoms with Crippen molar-refractivity contribution in [2.75, 3.05) is 0 Å². The van der Waals surface area contributed by atoms with Crippen LogP contribution in [-0.4, -0.2) is 11.6 Å². The molecule has 0 aromatic carbocycles. The number of thiophene rings is 2. The highest BCUT2D eigenvalue weighted by Gasteiger charge is 2.37. The molecule has 0 fully saturated rings. The molecule has 0 saturated carbocycles. The second kappa shape index (κ2) is 4.10. The molecule has 0 unspecified atom stereocenters. The zero-order valence-corrected chi connectivity index (χ0v) is 14.2. The van der Waals surface area contributed by atoms with Crippen LogP contribution in [0.3, 0.4) is 0 Å². The lowest BCUT2D eigenvalue weighted by atomic mass is 9.91. The van der Waals surface area contributed by atoms with Crippen LogP contribution in [0.15, 0.2) is 7.57 Å². The van der Waals surface area contributed by atoms with Gasteiger partial charge in [0.25, 0.3) is 0 Å². The van der Waals surface area contributed by atoms with E-state index in [9.17, 15) is 9.59 Å². The van der Waals surface area contributed by atoms with E-state index in [2.05, 4.69) is 31.9 Å². The molecule has 0 saturated heterocycles. The first kappa shape index (κ1) is 12.7. The zero-order valence-electron chi connectivity index (χ0n) is 9.39. The van der Waals surface area contributed by atoms with Crippen LogP contribution in [0.1, 0.15) is 31.8 Å². The molecule has 6 heteroatoms. The lowest BCUT2D eigenvalue weighted by molar-refractivity contribution is 0.0815. The van der Waals surface area contributed by atoms with Gasteiger partial charge in [-0.3, -0.25) is 9.59 Å². The average molecular weight is 406 g/mol. The van der Waals surface area contributed by atoms with Crippen LogP contribution in [-0.2, 0) is 0 Å². The standard InChI is InChI=1S/C12H6Br2O2S2/c1-3-5-7(15)8(16)6-4(2)12(14)18-10(6)9(5)17-11(3)13/h1-2H3. The lowest BCUT2D eigenvalue weighted by Gasteiger charge is -2.11. The van der Waals surface area contributed by atoms with Gasteiger partial charge >= 0.3 is 0 Å². The molecule has 0 N–H and O–H groups in total. The normalized spacial score (nSPS) is 13.8. The molecule has 2 aromatic rings. The van der Waals surface area contributed by atoms with E-state index in [1.165, 1.54) is 22.7 Å². The van der Waals surface area contributed by atoms with Crippen molar-refractivity contribution >= 4 is 66.1 Å². The minimum absolute atomic E-state index is 0.384. The summed E-state index contributed by atoms with van der Waals surface area (Å²) in [5.74, 6) is -0.768. The molecule has 18 heavy (non-hydrogen) atoms. The van der Waals surface area contributed by atoms with E-state index in [1.807, 2.05) is 13.8 Å². The largest absolute Gasteiger partial charge is 0.285 e. The van der Waals surface area contributed by atoms with Gasteiger partial charge in [0, 0.05) is 11.1 Å². The Morgan fingerprint density at radius 2 is 1.11 bits per heavy atom. The number of ketones is 2. The predicted molar refractivity (Wildman–Crippen MR) is 81.2 cm³/mol. The highest BCUT2D eigenvalue weighted by atomic mass is 79.9. The number of rotatable bonds is 0. The molecule has 2 aromatic heterocycles. The van der Waals surface area contributed by atoms with Crippen LogP contribution in [0.25, 0.3) is 9.75 Å². The molecule has 0 spiro atoms. The molecule has 1 aliphatic rings. The van der Waals surface area contributed by atoms with Crippen molar-refractivity contribution in [2.45, 2.75) is 13.8 Å². The number of halogens is 2. The van der Waals surface area contributed by atoms with Gasteiger partial charge in [-0.25, -0.2) is 0 Å². The molecule has 0 bridgehead atoms. The Kier molecular flexibility index (Phi) is 2.89. The van der Waals surface area contributed by atoms with Crippen molar-refractivity contribution in [1.29, 1.82) is 0 Å². The SMILES string of the molecule is Cc1c(Br)sc2c1C(=O)C(=O)c1c-2sc(Br)c1C. The Bertz CT molecular complexity index is 663. The van der Waals surface area contributed by atoms with Gasteiger partial charge < -0.3 is 0 Å². The molecule has 2 heterocycles. The van der Waals surface area contributed by atoms with E-state index in [1.54, 1.807) is 0 Å². The Morgan fingerprint density at radius 3 is 1.44 bits per heavy atom. The smallest absolute Gasteiger partial charge is 0.235 e. The third-order valence-corrected chi connectivity index (χ3v) is 7.53. The number of carbonyl (C=O) groups excluding carboxylic acids is 2. The maximum absolute atomic E-state index is 12.2. The first-order valence-corrected chi connectivity index (χ1v) is 8.32. The monoisotopic (exact) mass is 404 g/mol. The van der Waals surface area contributed by atoms with Crippen molar-refractivity contribution in [3.63, 3.8) is 0 Å². The summed E-state index contributed by atoms with van der Waals surface area (Å²) in [6.45, 7) is 3.73. The third-order valence-electron chi connectivity index (χ3n) is 3.04. The molecule has 3 rings (SSSR count). The minimum Gasteiger partial charge on any atom is -0.285 e. The van der Waals surface area contributed by atoms with Crippen molar-refractivity contribution in [3.05, 3.63) is 29.8 Å². The molecule has 2 nitrogen and oxygen atoms in total. The van der Waals surface area contributed by atoms with Crippen LogP contribution in [0.5, 0.6) is 0 Å². The lowest BCUT2D eigenvalue weighted by Crippen LogP contribution is -2.20. The molecular weight excluding hydrogens is 400 g/mol. The van der Waals surface area contributed by atoms with Crippen molar-refractivity contribution in [2.24, 2.45) is 0 Å². The maximum Gasteiger partial charge on any atom is 0.235 e. The second-order valence-corrected chi connectivity index (χ2v) is 8.75. The van der Waals surface area contributed by atoms with Crippen LogP contribution in [0, 0.1) is 13.8 Å². The fraction of sp³-hybridized carbons (Fsp3) is 0.167. The quantitative estimate of drug-likeness (QED) is 0.578. The Hall–Kier alpha value is -0.300. The van der Waals surface area contributed by atoms with Gasteiger partial charge in [0.2, 0.25) is 11.6 Å². The summed E-state index contributed by atoms with van der Waals surface area (Å²) in [5.41, 5.74) is 2.86. The molecule has 0 amide bonds. The summed E-state index contributed by atoms with van der Waals surface area (Å²) in [6.07, 6.45) is 0. The van der Waals surface area contributed by atoms with Crippen molar-refractivity contribution in [1.82, 2.24) is 0 Å². The maximum atomic E-state index is 12.2. The first-order chi connectivity index (χ1) is 8.43. The summed E-state index contributed by atoms with van der Waals surface area (Å²) in [7, 11) is 0. The Morgan fingerprint density at radius 1 is 0.778 bits per heavy atom. The molecule has 0 aliphatic heterocycles. The van der Waals surface area contributed by atoms with Crippen LogP contribution in [0.2, 0.25) is 0 Å². The summed E-state index contributed by atoms with van der Waals surface area (Å²) in [4.78, 5) is 26.2. The zero-order chi connectivity index (χ0) is 13.2. The van der Waals surface area contributed by atoms with Gasteiger partial charge in [-0.05, 0) is 56.8 Å². The van der Waals surface area contributed by atoms with Crippen LogP contribution in [0.4, 0.5) is 0 Å². The number of fused-ring (bicyclic) bond motifs is 3. The van der Waals surface area contributed by atoms with Crippen molar-refractivity contribution < 1.29 is 9.59 Å². The highest BCUT2D eigenvalue weighted by molar-refractivity contribution is 9.11. The number of carbonyl (C=O) groups is 2. The average Bonchev–Trinajstić information content (AvgIpc) is 2.77. The molecule has 0 radical (unpaired) electrons. The topological polar surface area (TPSA) is 34.1 Å². The first-order valence-electron chi connectivity index (χ1n) is 5.10. The van der Waals surface area contributed by atoms with Gasteiger partial charge in [-0.1, -0.05) is 0 Å². The summed E-state index contributed by atoms with van der Waals surface area (Å²) in [5, 5.41) is 0. The van der Waals surface area contributed by atoms with E-state index < -0.39 is 0 Å². The van der Waals surface area contributed by atoms with Gasteiger partial charge in [-0.2, -0.15) is 0 Å². The predicted octanol–water partition coefficient (Wildman–Crippen LogP) is 5.00. The fourth-order valence-corrected chi connectivity index (χ4v) is 5.64. The van der Waals surface area contributed by atoms with Gasteiger partial charge in [0.15, 0.2) is 0 Å². The van der Waals surface area contributed by atoms with Crippen LogP contribution >= 0.6 is 54.5 Å². The van der Waals surface area contributed by atoms with Crippen molar-refractivity contribution in [3.8, 4) is 9.75 Å². The molecule has 1 aliphatic carbocycles. The molecular formula is C12H6Br2O2S2. The van der Waals surface area contributed by atoms with E-state index in [-0.39, 0.29) is 11.6 Å². The second-order valence-electron chi connectivity index (χ2n) is 4.07. The minimum atomic E-state index is -0.384.